The van der Waals surface area contributed by atoms with Crippen LogP contribution in [0, 0.1) is 17.5 Å². The van der Waals surface area contributed by atoms with Gasteiger partial charge in [-0.05, 0) is 17.7 Å². The molecule has 3 rings (SSSR count). The molecule has 1 aromatic heterocycles. The van der Waals surface area contributed by atoms with E-state index in [0.29, 0.717) is 6.54 Å². The zero-order valence-corrected chi connectivity index (χ0v) is 13.3. The molecule has 1 heterocycles. The number of hydrogen-bond donors (Lipinski definition) is 2. The van der Waals surface area contributed by atoms with Gasteiger partial charge in [-0.15, -0.1) is 0 Å². The average molecular weight is 358 g/mol. The van der Waals surface area contributed by atoms with E-state index >= 15 is 0 Å². The lowest BCUT2D eigenvalue weighted by Gasteiger charge is -2.09. The highest BCUT2D eigenvalue weighted by molar-refractivity contribution is 5.92. The van der Waals surface area contributed by atoms with Gasteiger partial charge in [-0.2, -0.15) is 0 Å². The van der Waals surface area contributed by atoms with E-state index in [4.69, 9.17) is 0 Å². The summed E-state index contributed by atoms with van der Waals surface area (Å²) >= 11 is 0. The van der Waals surface area contributed by atoms with Crippen molar-refractivity contribution < 1.29 is 18.0 Å². The van der Waals surface area contributed by atoms with Crippen molar-refractivity contribution in [3.63, 3.8) is 0 Å². The molecule has 0 saturated heterocycles. The maximum atomic E-state index is 13.7. The van der Waals surface area contributed by atoms with Gasteiger partial charge in [0.1, 0.15) is 17.8 Å². The van der Waals surface area contributed by atoms with Gasteiger partial charge in [-0.1, -0.05) is 30.3 Å². The monoisotopic (exact) mass is 358 g/mol. The lowest BCUT2D eigenvalue weighted by Crippen LogP contribution is -2.24. The number of anilines is 2. The lowest BCUT2D eigenvalue weighted by atomic mass is 10.2. The number of carbonyl (C=O) groups excluding carboxylic acids is 1. The molecule has 0 saturated carbocycles. The molecular weight excluding hydrogens is 345 g/mol. The fourth-order valence-corrected chi connectivity index (χ4v) is 2.18. The van der Waals surface area contributed by atoms with E-state index in [9.17, 15) is 18.0 Å². The van der Waals surface area contributed by atoms with Crippen LogP contribution in [0.15, 0.2) is 54.9 Å². The number of benzene rings is 2. The normalized spacial score (nSPS) is 10.4. The molecule has 2 aromatic carbocycles. The van der Waals surface area contributed by atoms with E-state index in [1.165, 1.54) is 6.07 Å². The van der Waals surface area contributed by atoms with Crippen molar-refractivity contribution in [3.05, 3.63) is 83.6 Å². The Hall–Kier alpha value is -3.42. The Balaban J connectivity index is 1.72. The number of rotatable bonds is 5. The predicted octanol–water partition coefficient (Wildman–Crippen LogP) is 3.57. The van der Waals surface area contributed by atoms with Gasteiger partial charge in [0, 0.05) is 12.6 Å². The Morgan fingerprint density at radius 3 is 2.50 bits per heavy atom. The summed E-state index contributed by atoms with van der Waals surface area (Å²) in [6.45, 7) is 0.310. The maximum absolute atomic E-state index is 13.7. The van der Waals surface area contributed by atoms with Crippen molar-refractivity contribution in [3.8, 4) is 0 Å². The fraction of sp³-hybridized carbons (Fsp3) is 0.0556. The molecule has 0 aliphatic carbocycles. The van der Waals surface area contributed by atoms with Crippen LogP contribution in [0.5, 0.6) is 0 Å². The van der Waals surface area contributed by atoms with Crippen molar-refractivity contribution in [2.45, 2.75) is 6.54 Å². The highest BCUT2D eigenvalue weighted by Crippen LogP contribution is 2.22. The second-order valence-corrected chi connectivity index (χ2v) is 5.30. The van der Waals surface area contributed by atoms with E-state index in [1.54, 1.807) is 0 Å². The topological polar surface area (TPSA) is 66.9 Å². The Labute approximate surface area is 146 Å². The number of nitrogens with zero attached hydrogens (tertiary/aromatic N) is 2. The molecule has 0 radical (unpaired) electrons. The van der Waals surface area contributed by atoms with Gasteiger partial charge in [0.2, 0.25) is 0 Å². The van der Waals surface area contributed by atoms with Crippen LogP contribution in [0.2, 0.25) is 0 Å². The summed E-state index contributed by atoms with van der Waals surface area (Å²) in [6.07, 6.45) is 1.11. The SMILES string of the molecule is O=C(NCc1ccccc1)c1cc(Nc2ccc(F)c(F)c2F)ncn1. The summed E-state index contributed by atoms with van der Waals surface area (Å²) in [5.74, 6) is -4.65. The van der Waals surface area contributed by atoms with Gasteiger partial charge in [0.05, 0.1) is 5.69 Å². The number of aromatic nitrogens is 2. The minimum atomic E-state index is -1.59. The molecule has 0 aliphatic heterocycles. The van der Waals surface area contributed by atoms with E-state index in [0.717, 1.165) is 24.0 Å². The number of halogens is 3. The van der Waals surface area contributed by atoms with Crippen molar-refractivity contribution in [2.75, 3.05) is 5.32 Å². The molecule has 0 atom stereocenters. The highest BCUT2D eigenvalue weighted by atomic mass is 19.2. The van der Waals surface area contributed by atoms with E-state index in [-0.39, 0.29) is 17.2 Å². The second kappa shape index (κ2) is 7.64. The quantitative estimate of drug-likeness (QED) is 0.685. The van der Waals surface area contributed by atoms with Crippen LogP contribution in [0.4, 0.5) is 24.7 Å². The first-order valence-corrected chi connectivity index (χ1v) is 7.59. The number of carbonyl (C=O) groups is 1. The third-order valence-corrected chi connectivity index (χ3v) is 3.49. The molecule has 5 nitrogen and oxygen atoms in total. The summed E-state index contributed by atoms with van der Waals surface area (Å²) < 4.78 is 40.0. The molecule has 8 heteroatoms. The van der Waals surface area contributed by atoms with Crippen molar-refractivity contribution in [2.24, 2.45) is 0 Å². The first kappa shape index (κ1) is 17.4. The van der Waals surface area contributed by atoms with Crippen LogP contribution >= 0.6 is 0 Å². The molecule has 0 fully saturated rings. The smallest absolute Gasteiger partial charge is 0.270 e. The summed E-state index contributed by atoms with van der Waals surface area (Å²) in [6, 6.07) is 12.4. The number of amides is 1. The molecule has 0 aliphatic rings. The van der Waals surface area contributed by atoms with Crippen LogP contribution < -0.4 is 10.6 Å². The molecule has 132 valence electrons. The van der Waals surface area contributed by atoms with Crippen molar-refractivity contribution in [1.82, 2.24) is 15.3 Å². The number of hydrogen-bond acceptors (Lipinski definition) is 4. The van der Waals surface area contributed by atoms with Crippen LogP contribution in [0.25, 0.3) is 0 Å². The van der Waals surface area contributed by atoms with Gasteiger partial charge in [-0.3, -0.25) is 4.79 Å². The average Bonchev–Trinajstić information content (AvgIpc) is 2.67. The Kier molecular flexibility index (Phi) is 5.12. The van der Waals surface area contributed by atoms with Crippen LogP contribution in [0.3, 0.4) is 0 Å². The molecule has 2 N–H and O–H groups in total. The zero-order valence-electron chi connectivity index (χ0n) is 13.3. The van der Waals surface area contributed by atoms with Gasteiger partial charge >= 0.3 is 0 Å². The predicted molar refractivity (Wildman–Crippen MR) is 89.2 cm³/mol. The summed E-state index contributed by atoms with van der Waals surface area (Å²) in [7, 11) is 0. The largest absolute Gasteiger partial charge is 0.347 e. The molecule has 0 spiro atoms. The molecule has 0 bridgehead atoms. The summed E-state index contributed by atoms with van der Waals surface area (Å²) in [4.78, 5) is 19.9. The van der Waals surface area contributed by atoms with Gasteiger partial charge < -0.3 is 10.6 Å². The third-order valence-electron chi connectivity index (χ3n) is 3.49. The molecule has 3 aromatic rings. The Bertz CT molecular complexity index is 935. The molecule has 1 amide bonds. The zero-order chi connectivity index (χ0) is 18.5. The summed E-state index contributed by atoms with van der Waals surface area (Å²) in [5.41, 5.74) is 0.650. The molecular formula is C18H13F3N4O. The molecule has 26 heavy (non-hydrogen) atoms. The standard InChI is InChI=1S/C18H13F3N4O/c19-12-6-7-13(17(21)16(12)20)25-15-8-14(23-10-24-15)18(26)22-9-11-4-2-1-3-5-11/h1-8,10H,9H2,(H,22,26)(H,23,24,25). The van der Waals surface area contributed by atoms with Crippen LogP contribution in [-0.2, 0) is 6.54 Å². The minimum absolute atomic E-state index is 0.0430. The summed E-state index contributed by atoms with van der Waals surface area (Å²) in [5, 5.41) is 5.19. The van der Waals surface area contributed by atoms with Crippen LogP contribution in [0.1, 0.15) is 16.1 Å². The maximum Gasteiger partial charge on any atom is 0.270 e. The van der Waals surface area contributed by atoms with Gasteiger partial charge in [0.15, 0.2) is 17.5 Å². The Morgan fingerprint density at radius 2 is 1.73 bits per heavy atom. The van der Waals surface area contributed by atoms with E-state index in [2.05, 4.69) is 20.6 Å². The van der Waals surface area contributed by atoms with Crippen LogP contribution in [-0.4, -0.2) is 15.9 Å². The van der Waals surface area contributed by atoms with Crippen molar-refractivity contribution >= 4 is 17.4 Å². The van der Waals surface area contributed by atoms with Gasteiger partial charge in [-0.25, -0.2) is 23.1 Å². The second-order valence-electron chi connectivity index (χ2n) is 5.30. The fourth-order valence-electron chi connectivity index (χ4n) is 2.18. The van der Waals surface area contributed by atoms with E-state index in [1.807, 2.05) is 30.3 Å². The highest BCUT2D eigenvalue weighted by Gasteiger charge is 2.15. The number of nitrogens with one attached hydrogen (secondary N) is 2. The van der Waals surface area contributed by atoms with Crippen molar-refractivity contribution in [1.29, 1.82) is 0 Å². The lowest BCUT2D eigenvalue weighted by molar-refractivity contribution is 0.0946. The van der Waals surface area contributed by atoms with E-state index < -0.39 is 23.4 Å². The minimum Gasteiger partial charge on any atom is -0.347 e. The Morgan fingerprint density at radius 1 is 0.962 bits per heavy atom. The third kappa shape index (κ3) is 3.97. The first-order valence-electron chi connectivity index (χ1n) is 7.59. The first-order chi connectivity index (χ1) is 12.5. The van der Waals surface area contributed by atoms with Gasteiger partial charge in [0.25, 0.3) is 5.91 Å². The molecule has 0 unspecified atom stereocenters.